The van der Waals surface area contributed by atoms with E-state index in [-0.39, 0.29) is 70.5 Å². The highest BCUT2D eigenvalue weighted by Gasteiger charge is 2.66. The lowest BCUT2D eigenvalue weighted by molar-refractivity contribution is -0.145. The normalized spacial score (nSPS) is 31.8. The van der Waals surface area contributed by atoms with Gasteiger partial charge in [-0.2, -0.15) is 0 Å². The molecule has 3 aliphatic rings. The highest BCUT2D eigenvalue weighted by Crippen LogP contribution is 2.60. The number of halogens is 2. The lowest BCUT2D eigenvalue weighted by Gasteiger charge is -2.28. The summed E-state index contributed by atoms with van der Waals surface area (Å²) >= 11 is 7.29. The monoisotopic (exact) mass is 541 g/mol. The maximum atomic E-state index is 12.8. The van der Waals surface area contributed by atoms with E-state index in [2.05, 4.69) is 31.9 Å². The Labute approximate surface area is 190 Å². The molecule has 0 spiro atoms. The van der Waals surface area contributed by atoms with E-state index in [1.807, 2.05) is 0 Å². The fourth-order valence-corrected chi connectivity index (χ4v) is 6.79. The second-order valence-corrected chi connectivity index (χ2v) is 10.0. The number of ether oxygens (including phenoxy) is 2. The van der Waals surface area contributed by atoms with E-state index >= 15 is 0 Å². The van der Waals surface area contributed by atoms with Crippen LogP contribution in [0.1, 0.15) is 23.2 Å². The third-order valence-corrected chi connectivity index (χ3v) is 9.60. The van der Waals surface area contributed by atoms with Crippen molar-refractivity contribution in [3.05, 3.63) is 29.8 Å². The van der Waals surface area contributed by atoms with Crippen molar-refractivity contribution in [2.75, 3.05) is 20.3 Å². The van der Waals surface area contributed by atoms with E-state index in [1.165, 1.54) is 12.0 Å². The SMILES string of the molecule is COc1ccc(C(=O)COC(=O)CCN2C(=O)[C@@H]3[C@H](C2=O)[C@@H]2C[C@H]3C(Br)C2Br)cc1. The van der Waals surface area contributed by atoms with Crippen LogP contribution in [0.5, 0.6) is 5.75 Å². The molecule has 6 atom stereocenters. The number of imide groups is 1. The number of alkyl halides is 2. The Morgan fingerprint density at radius 1 is 1.03 bits per heavy atom. The fraction of sp³-hybridized carbons (Fsp3) is 0.524. The molecule has 1 aromatic rings. The summed E-state index contributed by atoms with van der Waals surface area (Å²) < 4.78 is 10.1. The van der Waals surface area contributed by atoms with Crippen molar-refractivity contribution < 1.29 is 28.7 Å². The third kappa shape index (κ3) is 3.60. The highest BCUT2D eigenvalue weighted by atomic mass is 79.9. The van der Waals surface area contributed by atoms with Crippen molar-refractivity contribution in [3.63, 3.8) is 0 Å². The number of carbonyl (C=O) groups excluding carboxylic acids is 4. The first kappa shape index (κ1) is 21.5. The number of hydrogen-bond acceptors (Lipinski definition) is 6. The second-order valence-electron chi connectivity index (χ2n) is 7.89. The van der Waals surface area contributed by atoms with Crippen molar-refractivity contribution in [3.8, 4) is 5.75 Å². The number of esters is 1. The van der Waals surface area contributed by atoms with Crippen LogP contribution < -0.4 is 4.74 Å². The first-order chi connectivity index (χ1) is 14.3. The Morgan fingerprint density at radius 3 is 2.13 bits per heavy atom. The third-order valence-electron chi connectivity index (χ3n) is 6.39. The molecule has 2 aliphatic carbocycles. The Balaban J connectivity index is 1.28. The summed E-state index contributed by atoms with van der Waals surface area (Å²) in [6.45, 7) is -0.404. The molecule has 0 aromatic heterocycles. The minimum absolute atomic E-state index is 0.0143. The Bertz CT molecular complexity index is 856. The minimum atomic E-state index is -0.616. The standard InChI is InChI=1S/C21H21Br2NO6/c1-29-11-4-2-10(3-5-11)14(25)9-30-15(26)6-7-24-20(27)16-12-8-13(17(16)21(24)28)19(23)18(12)22/h2-5,12-13,16-19H,6-9H2,1H3/t12-,13+,16+,17-,18?,19?. The summed E-state index contributed by atoms with van der Waals surface area (Å²) in [5.41, 5.74) is 0.408. The molecule has 0 radical (unpaired) electrons. The number of carbonyl (C=O) groups is 4. The molecule has 2 amide bonds. The summed E-state index contributed by atoms with van der Waals surface area (Å²) in [5.74, 6) is -1.03. The number of nitrogens with zero attached hydrogens (tertiary/aromatic N) is 1. The van der Waals surface area contributed by atoms with Gasteiger partial charge in [0.25, 0.3) is 0 Å². The van der Waals surface area contributed by atoms with Gasteiger partial charge in [-0.05, 0) is 42.5 Å². The molecule has 2 bridgehead atoms. The van der Waals surface area contributed by atoms with Crippen molar-refractivity contribution in [1.82, 2.24) is 4.90 Å². The number of fused-ring (bicyclic) bond motifs is 5. The van der Waals surface area contributed by atoms with Crippen LogP contribution in [0.3, 0.4) is 0 Å². The first-order valence-electron chi connectivity index (χ1n) is 9.79. The van der Waals surface area contributed by atoms with Crippen LogP contribution in [0, 0.1) is 23.7 Å². The number of amides is 2. The molecule has 160 valence electrons. The van der Waals surface area contributed by atoms with Gasteiger partial charge in [0.05, 0.1) is 25.4 Å². The molecule has 1 saturated heterocycles. The van der Waals surface area contributed by atoms with Crippen molar-refractivity contribution in [2.24, 2.45) is 23.7 Å². The molecular weight excluding hydrogens is 522 g/mol. The smallest absolute Gasteiger partial charge is 0.308 e. The van der Waals surface area contributed by atoms with Crippen LogP contribution in [-0.2, 0) is 19.1 Å². The van der Waals surface area contributed by atoms with Gasteiger partial charge in [0.1, 0.15) is 5.75 Å². The van der Waals surface area contributed by atoms with Gasteiger partial charge in [0.15, 0.2) is 12.4 Å². The Hall–Kier alpha value is -1.74. The number of benzene rings is 1. The quantitative estimate of drug-likeness (QED) is 0.228. The average Bonchev–Trinajstić information content (AvgIpc) is 3.35. The van der Waals surface area contributed by atoms with Crippen LogP contribution in [-0.4, -0.2) is 58.4 Å². The number of methoxy groups -OCH3 is 1. The van der Waals surface area contributed by atoms with Gasteiger partial charge in [-0.25, -0.2) is 0 Å². The second kappa shape index (κ2) is 8.42. The highest BCUT2D eigenvalue weighted by molar-refractivity contribution is 9.12. The molecule has 7 nitrogen and oxygen atoms in total. The fourth-order valence-electron chi connectivity index (χ4n) is 4.91. The summed E-state index contributed by atoms with van der Waals surface area (Å²) in [6.07, 6.45) is 0.736. The van der Waals surface area contributed by atoms with Crippen LogP contribution >= 0.6 is 31.9 Å². The van der Waals surface area contributed by atoms with E-state index in [9.17, 15) is 19.2 Å². The van der Waals surface area contributed by atoms with Crippen molar-refractivity contribution in [2.45, 2.75) is 22.5 Å². The number of rotatable bonds is 7. The lowest BCUT2D eigenvalue weighted by Crippen LogP contribution is -2.37. The van der Waals surface area contributed by atoms with Gasteiger partial charge in [-0.15, -0.1) is 0 Å². The van der Waals surface area contributed by atoms with E-state index in [0.717, 1.165) is 6.42 Å². The Kier molecular flexibility index (Phi) is 6.03. The number of Topliss-reactive ketones (excluding diaryl/α,β-unsaturated/α-hetero) is 1. The number of likely N-dealkylation sites (tertiary alicyclic amines) is 1. The molecule has 0 N–H and O–H groups in total. The summed E-state index contributed by atoms with van der Waals surface area (Å²) in [5, 5.41) is 0. The van der Waals surface area contributed by atoms with Gasteiger partial charge < -0.3 is 9.47 Å². The largest absolute Gasteiger partial charge is 0.497 e. The first-order valence-corrected chi connectivity index (χ1v) is 11.6. The van der Waals surface area contributed by atoms with Gasteiger partial charge >= 0.3 is 5.97 Å². The lowest BCUT2D eigenvalue weighted by atomic mass is 9.81. The molecule has 9 heteroatoms. The number of ketones is 1. The summed E-state index contributed by atoms with van der Waals surface area (Å²) in [6, 6.07) is 6.49. The predicted octanol–water partition coefficient (Wildman–Crippen LogP) is 2.59. The van der Waals surface area contributed by atoms with Gasteiger partial charge in [-0.3, -0.25) is 24.1 Å². The molecule has 1 aromatic carbocycles. The minimum Gasteiger partial charge on any atom is -0.497 e. The molecule has 1 heterocycles. The van der Waals surface area contributed by atoms with E-state index in [4.69, 9.17) is 9.47 Å². The van der Waals surface area contributed by atoms with E-state index in [1.54, 1.807) is 24.3 Å². The van der Waals surface area contributed by atoms with Crippen LogP contribution in [0.4, 0.5) is 0 Å². The van der Waals surface area contributed by atoms with E-state index in [0.29, 0.717) is 11.3 Å². The maximum Gasteiger partial charge on any atom is 0.308 e. The average molecular weight is 543 g/mol. The van der Waals surface area contributed by atoms with Gasteiger partial charge in [0, 0.05) is 21.8 Å². The van der Waals surface area contributed by atoms with Crippen LogP contribution in [0.15, 0.2) is 24.3 Å². The van der Waals surface area contributed by atoms with Crippen LogP contribution in [0.2, 0.25) is 0 Å². The van der Waals surface area contributed by atoms with Gasteiger partial charge in [-0.1, -0.05) is 31.9 Å². The zero-order chi connectivity index (χ0) is 21.6. The van der Waals surface area contributed by atoms with E-state index < -0.39 is 5.97 Å². The molecular formula is C21H21Br2NO6. The molecule has 3 fully saturated rings. The molecule has 30 heavy (non-hydrogen) atoms. The zero-order valence-corrected chi connectivity index (χ0v) is 19.4. The predicted molar refractivity (Wildman–Crippen MR) is 114 cm³/mol. The topological polar surface area (TPSA) is 90.0 Å². The van der Waals surface area contributed by atoms with Crippen LogP contribution in [0.25, 0.3) is 0 Å². The molecule has 1 aliphatic heterocycles. The summed E-state index contributed by atoms with van der Waals surface area (Å²) in [7, 11) is 1.53. The van der Waals surface area contributed by atoms with Crippen molar-refractivity contribution in [1.29, 1.82) is 0 Å². The molecule has 2 unspecified atom stereocenters. The number of hydrogen-bond donors (Lipinski definition) is 0. The van der Waals surface area contributed by atoms with Crippen molar-refractivity contribution >= 4 is 55.4 Å². The molecule has 4 rings (SSSR count). The Morgan fingerprint density at radius 2 is 1.60 bits per heavy atom. The zero-order valence-electron chi connectivity index (χ0n) is 16.3. The maximum absolute atomic E-state index is 12.8. The summed E-state index contributed by atoms with van der Waals surface area (Å²) in [4.78, 5) is 51.4. The molecule has 2 saturated carbocycles. The van der Waals surface area contributed by atoms with Gasteiger partial charge in [0.2, 0.25) is 11.8 Å².